The lowest BCUT2D eigenvalue weighted by Gasteiger charge is -2.23. The number of hydrogen-bond acceptors (Lipinski definition) is 3. The first kappa shape index (κ1) is 16.0. The van der Waals surface area contributed by atoms with Crippen LogP contribution in [0.15, 0.2) is 24.3 Å². The number of amides is 1. The first-order valence-electron chi connectivity index (χ1n) is 6.44. The third kappa shape index (κ3) is 4.26. The molecule has 0 aliphatic heterocycles. The second-order valence-electron chi connectivity index (χ2n) is 5.37. The van der Waals surface area contributed by atoms with Gasteiger partial charge in [0.25, 0.3) is 0 Å². The molecule has 2 N–H and O–H groups in total. The van der Waals surface area contributed by atoms with Crippen LogP contribution in [-0.4, -0.2) is 29.6 Å². The molecule has 1 unspecified atom stereocenters. The van der Waals surface area contributed by atoms with Crippen LogP contribution in [0, 0.1) is 5.92 Å². The molecule has 1 atom stereocenters. The Balaban J connectivity index is 2.63. The summed E-state index contributed by atoms with van der Waals surface area (Å²) in [5.41, 5.74) is -0.257. The zero-order chi connectivity index (χ0) is 15.3. The average molecular weight is 279 g/mol. The summed E-state index contributed by atoms with van der Waals surface area (Å²) in [6, 6.07) is 7.46. The molecule has 0 radical (unpaired) electrons. The van der Waals surface area contributed by atoms with E-state index in [1.165, 1.54) is 13.8 Å². The molecule has 1 amide bonds. The predicted octanol–water partition coefficient (Wildman–Crippen LogP) is 1.85. The summed E-state index contributed by atoms with van der Waals surface area (Å²) in [7, 11) is 1.60. The number of carbonyl (C=O) groups is 2. The van der Waals surface area contributed by atoms with Crippen molar-refractivity contribution in [2.24, 2.45) is 5.92 Å². The number of methoxy groups -OCH3 is 1. The Bertz CT molecular complexity index is 479. The first-order valence-corrected chi connectivity index (χ1v) is 6.44. The van der Waals surface area contributed by atoms with Crippen molar-refractivity contribution in [1.29, 1.82) is 0 Å². The average Bonchev–Trinajstić information content (AvgIpc) is 2.38. The van der Waals surface area contributed by atoms with Crippen molar-refractivity contribution in [2.45, 2.75) is 32.7 Å². The van der Waals surface area contributed by atoms with Gasteiger partial charge in [0.05, 0.1) is 7.11 Å². The van der Waals surface area contributed by atoms with Crippen LogP contribution in [0.4, 0.5) is 0 Å². The number of hydrogen-bond donors (Lipinski definition) is 2. The molecule has 0 fully saturated rings. The van der Waals surface area contributed by atoms with Gasteiger partial charge in [0.1, 0.15) is 11.3 Å². The van der Waals surface area contributed by atoms with E-state index in [2.05, 4.69) is 5.32 Å². The molecule has 0 saturated carbocycles. The summed E-state index contributed by atoms with van der Waals surface area (Å²) in [5.74, 6) is -0.865. The standard InChI is InChI=1S/C15H21NO4/c1-10(13(17)16-15(2,3)14(18)19)9-11-5-7-12(20-4)8-6-11/h5-8,10H,9H2,1-4H3,(H,16,17)(H,18,19). The van der Waals surface area contributed by atoms with Gasteiger partial charge in [-0.25, -0.2) is 4.79 Å². The number of benzene rings is 1. The number of carboxylic acid groups (broad SMARTS) is 1. The van der Waals surface area contributed by atoms with Crippen molar-refractivity contribution < 1.29 is 19.4 Å². The van der Waals surface area contributed by atoms with Gasteiger partial charge in [0, 0.05) is 5.92 Å². The van der Waals surface area contributed by atoms with Crippen molar-refractivity contribution in [1.82, 2.24) is 5.32 Å². The molecule has 1 aromatic rings. The van der Waals surface area contributed by atoms with E-state index in [4.69, 9.17) is 9.84 Å². The highest BCUT2D eigenvalue weighted by atomic mass is 16.5. The highest BCUT2D eigenvalue weighted by Gasteiger charge is 2.30. The van der Waals surface area contributed by atoms with Crippen LogP contribution in [0.3, 0.4) is 0 Å². The second-order valence-corrected chi connectivity index (χ2v) is 5.37. The molecule has 110 valence electrons. The van der Waals surface area contributed by atoms with Crippen LogP contribution < -0.4 is 10.1 Å². The van der Waals surface area contributed by atoms with Gasteiger partial charge in [-0.15, -0.1) is 0 Å². The van der Waals surface area contributed by atoms with Crippen LogP contribution in [0.2, 0.25) is 0 Å². The van der Waals surface area contributed by atoms with Crippen LogP contribution >= 0.6 is 0 Å². The normalized spacial score (nSPS) is 12.6. The fourth-order valence-corrected chi connectivity index (χ4v) is 1.69. The minimum Gasteiger partial charge on any atom is -0.497 e. The molecule has 5 heteroatoms. The molecule has 0 aliphatic carbocycles. The number of nitrogens with one attached hydrogen (secondary N) is 1. The highest BCUT2D eigenvalue weighted by molar-refractivity contribution is 5.87. The Kier molecular flexibility index (Phi) is 5.13. The van der Waals surface area contributed by atoms with Crippen molar-refractivity contribution in [3.63, 3.8) is 0 Å². The van der Waals surface area contributed by atoms with Gasteiger partial charge in [-0.05, 0) is 38.0 Å². The van der Waals surface area contributed by atoms with Crippen molar-refractivity contribution in [3.05, 3.63) is 29.8 Å². The molecule has 0 spiro atoms. The zero-order valence-corrected chi connectivity index (χ0v) is 12.3. The van der Waals surface area contributed by atoms with Crippen LogP contribution in [0.25, 0.3) is 0 Å². The van der Waals surface area contributed by atoms with E-state index in [0.29, 0.717) is 6.42 Å². The minimum atomic E-state index is -1.26. The Morgan fingerprint density at radius 2 is 1.85 bits per heavy atom. The fourth-order valence-electron chi connectivity index (χ4n) is 1.69. The van der Waals surface area contributed by atoms with E-state index in [0.717, 1.165) is 11.3 Å². The fraction of sp³-hybridized carbons (Fsp3) is 0.467. The summed E-state index contributed by atoms with van der Waals surface area (Å²) < 4.78 is 5.07. The molecule has 0 saturated heterocycles. The van der Waals surface area contributed by atoms with Gasteiger partial charge in [0.2, 0.25) is 5.91 Å². The molecule has 0 bridgehead atoms. The maximum Gasteiger partial charge on any atom is 0.328 e. The molecular weight excluding hydrogens is 258 g/mol. The number of ether oxygens (including phenoxy) is 1. The topological polar surface area (TPSA) is 75.6 Å². The van der Waals surface area contributed by atoms with Gasteiger partial charge >= 0.3 is 5.97 Å². The van der Waals surface area contributed by atoms with E-state index in [1.54, 1.807) is 14.0 Å². The molecule has 0 aromatic heterocycles. The van der Waals surface area contributed by atoms with Crippen LogP contribution in [0.1, 0.15) is 26.3 Å². The van der Waals surface area contributed by atoms with Crippen molar-refractivity contribution in [2.75, 3.05) is 7.11 Å². The maximum absolute atomic E-state index is 12.0. The molecule has 1 rings (SSSR count). The lowest BCUT2D eigenvalue weighted by atomic mass is 9.98. The third-order valence-corrected chi connectivity index (χ3v) is 3.12. The smallest absolute Gasteiger partial charge is 0.328 e. The largest absolute Gasteiger partial charge is 0.497 e. The van der Waals surface area contributed by atoms with E-state index >= 15 is 0 Å². The van der Waals surface area contributed by atoms with Crippen molar-refractivity contribution in [3.8, 4) is 5.75 Å². The highest BCUT2D eigenvalue weighted by Crippen LogP contribution is 2.15. The van der Waals surface area contributed by atoms with Gasteiger partial charge in [-0.2, -0.15) is 0 Å². The minimum absolute atomic E-state index is 0.270. The maximum atomic E-state index is 12.0. The van der Waals surface area contributed by atoms with E-state index < -0.39 is 11.5 Å². The molecular formula is C15H21NO4. The lowest BCUT2D eigenvalue weighted by Crippen LogP contribution is -2.51. The molecule has 20 heavy (non-hydrogen) atoms. The quantitative estimate of drug-likeness (QED) is 0.833. The van der Waals surface area contributed by atoms with Crippen LogP contribution in [-0.2, 0) is 16.0 Å². The molecule has 0 aliphatic rings. The van der Waals surface area contributed by atoms with E-state index in [-0.39, 0.29) is 11.8 Å². The van der Waals surface area contributed by atoms with Gasteiger partial charge in [-0.3, -0.25) is 4.79 Å². The molecule has 1 aromatic carbocycles. The van der Waals surface area contributed by atoms with Gasteiger partial charge in [0.15, 0.2) is 0 Å². The summed E-state index contributed by atoms with van der Waals surface area (Å²) in [6.45, 7) is 4.71. The number of carbonyl (C=O) groups excluding carboxylic acids is 1. The summed E-state index contributed by atoms with van der Waals surface area (Å²) in [6.07, 6.45) is 0.547. The lowest BCUT2D eigenvalue weighted by molar-refractivity contribution is -0.146. The SMILES string of the molecule is COc1ccc(CC(C)C(=O)NC(C)(C)C(=O)O)cc1. The zero-order valence-electron chi connectivity index (χ0n) is 12.3. The van der Waals surface area contributed by atoms with Crippen LogP contribution in [0.5, 0.6) is 5.75 Å². The van der Waals surface area contributed by atoms with E-state index in [1.807, 2.05) is 24.3 Å². The van der Waals surface area contributed by atoms with Crippen molar-refractivity contribution >= 4 is 11.9 Å². The Morgan fingerprint density at radius 3 is 2.30 bits per heavy atom. The second kappa shape index (κ2) is 6.41. The number of carboxylic acids is 1. The summed E-state index contributed by atoms with van der Waals surface area (Å²) in [5, 5.41) is 11.5. The summed E-state index contributed by atoms with van der Waals surface area (Å²) >= 11 is 0. The number of rotatable bonds is 6. The van der Waals surface area contributed by atoms with Gasteiger partial charge < -0.3 is 15.2 Å². The Labute approximate surface area is 118 Å². The first-order chi connectivity index (χ1) is 9.26. The van der Waals surface area contributed by atoms with Gasteiger partial charge in [-0.1, -0.05) is 19.1 Å². The molecule has 5 nitrogen and oxygen atoms in total. The third-order valence-electron chi connectivity index (χ3n) is 3.12. The Morgan fingerprint density at radius 1 is 1.30 bits per heavy atom. The molecule has 0 heterocycles. The van der Waals surface area contributed by atoms with E-state index in [9.17, 15) is 9.59 Å². The Hall–Kier alpha value is -2.04. The summed E-state index contributed by atoms with van der Waals surface area (Å²) in [4.78, 5) is 23.0. The number of aliphatic carboxylic acids is 1. The monoisotopic (exact) mass is 279 g/mol. The predicted molar refractivity (Wildman–Crippen MR) is 75.7 cm³/mol.